The van der Waals surface area contributed by atoms with E-state index >= 15 is 0 Å². The Morgan fingerprint density at radius 2 is 0.966 bits per heavy atom. The van der Waals surface area contributed by atoms with Crippen LogP contribution < -0.4 is 5.46 Å². The van der Waals surface area contributed by atoms with Crippen molar-refractivity contribution >= 4 is 33.7 Å². The monoisotopic (exact) mass is 366 g/mol. The van der Waals surface area contributed by atoms with E-state index in [9.17, 15) is 0 Å². The van der Waals surface area contributed by atoms with Crippen molar-refractivity contribution in [2.24, 2.45) is 0 Å². The lowest BCUT2D eigenvalue weighted by molar-refractivity contribution is 1.27. The molecule has 5 aromatic rings. The molecule has 0 bridgehead atoms. The van der Waals surface area contributed by atoms with Gasteiger partial charge in [-0.15, -0.1) is 0 Å². The van der Waals surface area contributed by atoms with Crippen molar-refractivity contribution in [1.29, 1.82) is 0 Å². The number of hydrogen-bond donors (Lipinski definition) is 0. The van der Waals surface area contributed by atoms with Gasteiger partial charge in [0.2, 0.25) is 0 Å². The molecule has 0 amide bonds. The highest BCUT2D eigenvalue weighted by molar-refractivity contribution is 6.77. The van der Waals surface area contributed by atoms with E-state index in [2.05, 4.69) is 91.0 Å². The molecule has 0 atom stereocenters. The second-order valence-corrected chi connectivity index (χ2v) is 8.50. The van der Waals surface area contributed by atoms with Crippen LogP contribution in [-0.4, -0.2) is 6.71 Å². The molecule has 2 heterocycles. The maximum Gasteiger partial charge on any atom is 0.186 e. The van der Waals surface area contributed by atoms with Gasteiger partial charge in [-0.05, 0) is 67.6 Å². The van der Waals surface area contributed by atoms with Crippen molar-refractivity contribution in [2.75, 3.05) is 0 Å². The highest BCUT2D eigenvalue weighted by Gasteiger charge is 2.35. The topological polar surface area (TPSA) is 0 Å². The number of benzene rings is 5. The largest absolute Gasteiger partial charge is 0.186 e. The molecule has 0 spiro atoms. The minimum absolute atomic E-state index is 0.554. The van der Waals surface area contributed by atoms with Crippen LogP contribution in [0.25, 0.3) is 43.8 Å². The van der Waals surface area contributed by atoms with Crippen molar-refractivity contribution in [1.82, 2.24) is 0 Å². The van der Waals surface area contributed by atoms with Crippen LogP contribution in [-0.2, 0) is 12.6 Å². The lowest BCUT2D eigenvalue weighted by Crippen LogP contribution is -2.43. The van der Waals surface area contributed by atoms with Gasteiger partial charge in [0.25, 0.3) is 0 Å². The van der Waals surface area contributed by atoms with E-state index in [4.69, 9.17) is 0 Å². The minimum atomic E-state index is 0.554. The van der Waals surface area contributed by atoms with Crippen molar-refractivity contribution in [2.45, 2.75) is 12.6 Å². The van der Waals surface area contributed by atoms with Crippen LogP contribution in [0, 0.1) is 0 Å². The predicted octanol–water partition coefficient (Wildman–Crippen LogP) is 6.22. The smallest absolute Gasteiger partial charge is 0.0640 e. The van der Waals surface area contributed by atoms with Gasteiger partial charge in [-0.1, -0.05) is 96.5 Å². The van der Waals surface area contributed by atoms with E-state index < -0.39 is 0 Å². The van der Waals surface area contributed by atoms with E-state index in [1.54, 1.807) is 5.46 Å². The number of rotatable bonds is 0. The van der Waals surface area contributed by atoms with Gasteiger partial charge >= 0.3 is 0 Å². The third kappa shape index (κ3) is 2.05. The molecule has 0 fully saturated rings. The predicted molar refractivity (Wildman–Crippen MR) is 125 cm³/mol. The molecular weight excluding hydrogens is 347 g/mol. The van der Waals surface area contributed by atoms with Gasteiger partial charge in [-0.3, -0.25) is 0 Å². The first-order valence-corrected chi connectivity index (χ1v) is 10.5. The fraction of sp³-hybridized carbons (Fsp3) is 0.0714. The van der Waals surface area contributed by atoms with E-state index in [0.717, 1.165) is 12.6 Å². The summed E-state index contributed by atoms with van der Waals surface area (Å²) >= 11 is 0. The molecule has 1 heteroatoms. The Bertz CT molecular complexity index is 1350. The molecule has 7 rings (SSSR count). The second-order valence-electron chi connectivity index (χ2n) is 8.50. The first-order chi connectivity index (χ1) is 14.4. The summed E-state index contributed by atoms with van der Waals surface area (Å²) < 4.78 is 0. The van der Waals surface area contributed by atoms with Crippen LogP contribution in [0.1, 0.15) is 11.1 Å². The highest BCUT2D eigenvalue weighted by Crippen LogP contribution is 2.41. The summed E-state index contributed by atoms with van der Waals surface area (Å²) in [6, 6.07) is 33.9. The zero-order valence-corrected chi connectivity index (χ0v) is 16.2. The van der Waals surface area contributed by atoms with Gasteiger partial charge in [0, 0.05) is 0 Å². The molecule has 0 N–H and O–H groups in total. The molecule has 134 valence electrons. The van der Waals surface area contributed by atoms with Gasteiger partial charge < -0.3 is 0 Å². The van der Waals surface area contributed by atoms with E-state index in [1.807, 2.05) is 0 Å². The van der Waals surface area contributed by atoms with Crippen molar-refractivity contribution in [3.8, 4) is 22.3 Å². The van der Waals surface area contributed by atoms with Crippen LogP contribution in [0.15, 0.2) is 91.0 Å². The van der Waals surface area contributed by atoms with Gasteiger partial charge in [-0.25, -0.2) is 0 Å². The number of hydrogen-bond acceptors (Lipinski definition) is 0. The summed E-state index contributed by atoms with van der Waals surface area (Å²) in [5.41, 5.74) is 10.4. The maximum atomic E-state index is 2.35. The van der Waals surface area contributed by atoms with Crippen LogP contribution in [0.4, 0.5) is 0 Å². The molecular formula is C28H19B. The molecule has 29 heavy (non-hydrogen) atoms. The van der Waals surface area contributed by atoms with Gasteiger partial charge in [0.05, 0.1) is 0 Å². The molecule has 0 saturated carbocycles. The summed E-state index contributed by atoms with van der Waals surface area (Å²) in [4.78, 5) is 0. The second kappa shape index (κ2) is 5.61. The molecule has 0 nitrogen and oxygen atoms in total. The lowest BCUT2D eigenvalue weighted by Gasteiger charge is -2.34. The molecule has 0 radical (unpaired) electrons. The summed E-state index contributed by atoms with van der Waals surface area (Å²) in [7, 11) is 0. The fourth-order valence-corrected chi connectivity index (χ4v) is 5.86. The standard InChI is InChI=1S/C28H19B/c1-3-8-20-18(6-1)12-14-22-24-10-5-11-25-23-15-13-19-7-2-4-9-21(19)27(23)17-29(28(24)25)16-26(20)22/h1-15H,16-17H2. The third-order valence-electron chi connectivity index (χ3n) is 7.08. The zero-order valence-electron chi connectivity index (χ0n) is 16.2. The average Bonchev–Trinajstić information content (AvgIpc) is 2.79. The van der Waals surface area contributed by atoms with Gasteiger partial charge in [0.1, 0.15) is 0 Å². The van der Waals surface area contributed by atoms with Crippen molar-refractivity contribution in [3.05, 3.63) is 102 Å². The normalized spacial score (nSPS) is 13.9. The summed E-state index contributed by atoms with van der Waals surface area (Å²) in [5.74, 6) is 0. The van der Waals surface area contributed by atoms with Crippen LogP contribution in [0.3, 0.4) is 0 Å². The molecule has 2 aliphatic rings. The van der Waals surface area contributed by atoms with E-state index in [-0.39, 0.29) is 0 Å². The Morgan fingerprint density at radius 3 is 1.52 bits per heavy atom. The molecule has 2 aliphatic heterocycles. The Morgan fingerprint density at radius 1 is 0.448 bits per heavy atom. The molecule has 5 aromatic carbocycles. The summed E-state index contributed by atoms with van der Waals surface area (Å²) in [6.07, 6.45) is 2.26. The van der Waals surface area contributed by atoms with E-state index in [0.29, 0.717) is 6.71 Å². The van der Waals surface area contributed by atoms with E-state index in [1.165, 1.54) is 54.9 Å². The van der Waals surface area contributed by atoms with Crippen LogP contribution >= 0.6 is 0 Å². The molecule has 0 unspecified atom stereocenters. The van der Waals surface area contributed by atoms with Gasteiger partial charge in [0.15, 0.2) is 6.71 Å². The lowest BCUT2D eigenvalue weighted by atomic mass is 9.33. The SMILES string of the molecule is c1cc2c3c(c1)-c1ccc4ccccc4c1CB3Cc1c-2ccc2ccccc12. The average molecular weight is 366 g/mol. The molecule has 0 saturated heterocycles. The number of fused-ring (bicyclic) bond motifs is 8. The molecule has 0 aliphatic carbocycles. The quantitative estimate of drug-likeness (QED) is 0.286. The fourth-order valence-electron chi connectivity index (χ4n) is 5.86. The Kier molecular flexibility index (Phi) is 3.02. The third-order valence-corrected chi connectivity index (χ3v) is 7.08. The van der Waals surface area contributed by atoms with Crippen LogP contribution in [0.5, 0.6) is 0 Å². The Labute approximate surface area is 170 Å². The Balaban J connectivity index is 1.56. The summed E-state index contributed by atoms with van der Waals surface area (Å²) in [6.45, 7) is 0.554. The first kappa shape index (κ1) is 15.6. The Hall–Kier alpha value is -3.32. The highest BCUT2D eigenvalue weighted by atomic mass is 14.3. The zero-order chi connectivity index (χ0) is 18.9. The summed E-state index contributed by atoms with van der Waals surface area (Å²) in [5, 5.41) is 5.55. The van der Waals surface area contributed by atoms with Crippen molar-refractivity contribution in [3.63, 3.8) is 0 Å². The maximum absolute atomic E-state index is 2.35. The minimum Gasteiger partial charge on any atom is -0.0640 e. The van der Waals surface area contributed by atoms with Crippen LogP contribution in [0.2, 0.25) is 0 Å². The first-order valence-electron chi connectivity index (χ1n) is 10.5. The van der Waals surface area contributed by atoms with Gasteiger partial charge in [-0.2, -0.15) is 0 Å². The molecule has 0 aromatic heterocycles. The van der Waals surface area contributed by atoms with Crippen molar-refractivity contribution < 1.29 is 0 Å².